The fraction of sp³-hybridized carbons (Fsp3) is 0.333. The fourth-order valence-corrected chi connectivity index (χ4v) is 3.32. The van der Waals surface area contributed by atoms with Crippen LogP contribution in [0.5, 0.6) is 0 Å². The van der Waals surface area contributed by atoms with E-state index in [-0.39, 0.29) is 30.2 Å². The molecule has 1 heterocycles. The molecule has 4 nitrogen and oxygen atoms in total. The average molecular weight is 444 g/mol. The number of carbonyl (C=O) groups excluding carboxylic acids is 2. The van der Waals surface area contributed by atoms with E-state index in [4.69, 9.17) is 0 Å². The highest BCUT2D eigenvalue weighted by atomic mass is 19.4. The van der Waals surface area contributed by atoms with Gasteiger partial charge in [0.05, 0.1) is 11.1 Å². The average Bonchev–Trinajstić information content (AvgIpc) is 2.72. The van der Waals surface area contributed by atoms with Gasteiger partial charge in [-0.3, -0.25) is 9.59 Å². The molecule has 0 spiro atoms. The van der Waals surface area contributed by atoms with Crippen molar-refractivity contribution in [2.45, 2.75) is 25.2 Å². The summed E-state index contributed by atoms with van der Waals surface area (Å²) in [5.41, 5.74) is -1.30. The van der Waals surface area contributed by atoms with E-state index in [1.807, 2.05) is 0 Å². The monoisotopic (exact) mass is 444 g/mol. The van der Waals surface area contributed by atoms with Crippen LogP contribution in [0, 0.1) is 5.92 Å². The Morgan fingerprint density at radius 3 is 1.68 bits per heavy atom. The Hall–Kier alpha value is -3.04. The number of nitrogens with zero attached hydrogens (tertiary/aromatic N) is 1. The summed E-state index contributed by atoms with van der Waals surface area (Å²) in [7, 11) is 0. The van der Waals surface area contributed by atoms with Crippen LogP contribution in [0.1, 0.15) is 34.3 Å². The van der Waals surface area contributed by atoms with Crippen molar-refractivity contribution in [3.8, 4) is 0 Å². The molecular formula is C21H18F6N2O2. The Morgan fingerprint density at radius 2 is 1.23 bits per heavy atom. The van der Waals surface area contributed by atoms with Gasteiger partial charge in [0.15, 0.2) is 0 Å². The van der Waals surface area contributed by atoms with Gasteiger partial charge in [-0.2, -0.15) is 26.3 Å². The maximum absolute atomic E-state index is 12.6. The van der Waals surface area contributed by atoms with E-state index in [2.05, 4.69) is 5.32 Å². The largest absolute Gasteiger partial charge is 0.416 e. The maximum atomic E-state index is 12.6. The quantitative estimate of drug-likeness (QED) is 0.661. The summed E-state index contributed by atoms with van der Waals surface area (Å²) < 4.78 is 75.7. The number of amides is 2. The van der Waals surface area contributed by atoms with E-state index in [0.29, 0.717) is 12.8 Å². The zero-order valence-corrected chi connectivity index (χ0v) is 16.1. The Bertz CT molecular complexity index is 928. The molecule has 0 radical (unpaired) electrons. The highest BCUT2D eigenvalue weighted by Crippen LogP contribution is 2.31. The Labute approximate surface area is 173 Å². The molecule has 10 heteroatoms. The van der Waals surface area contributed by atoms with E-state index in [9.17, 15) is 35.9 Å². The van der Waals surface area contributed by atoms with E-state index >= 15 is 0 Å². The lowest BCUT2D eigenvalue weighted by Gasteiger charge is -2.31. The molecule has 1 aliphatic heterocycles. The Balaban J connectivity index is 1.54. The number of halogens is 6. The first-order valence-corrected chi connectivity index (χ1v) is 9.40. The van der Waals surface area contributed by atoms with Crippen LogP contribution in [-0.2, 0) is 17.1 Å². The number of carbonyl (C=O) groups is 2. The first-order valence-electron chi connectivity index (χ1n) is 9.40. The van der Waals surface area contributed by atoms with Gasteiger partial charge in [-0.25, -0.2) is 0 Å². The smallest absolute Gasteiger partial charge is 0.339 e. The van der Waals surface area contributed by atoms with E-state index in [1.54, 1.807) is 0 Å². The molecule has 2 amide bonds. The topological polar surface area (TPSA) is 49.4 Å². The molecule has 2 aromatic carbocycles. The number of anilines is 1. The molecule has 0 atom stereocenters. The van der Waals surface area contributed by atoms with E-state index in [1.165, 1.54) is 17.0 Å². The summed E-state index contributed by atoms with van der Waals surface area (Å²) in [6.07, 6.45) is -8.28. The van der Waals surface area contributed by atoms with Gasteiger partial charge < -0.3 is 10.2 Å². The first-order chi connectivity index (χ1) is 14.4. The molecule has 31 heavy (non-hydrogen) atoms. The number of benzene rings is 2. The van der Waals surface area contributed by atoms with Crippen LogP contribution in [0.2, 0.25) is 0 Å². The van der Waals surface area contributed by atoms with Crippen molar-refractivity contribution < 1.29 is 35.9 Å². The predicted octanol–water partition coefficient (Wildman–Crippen LogP) is 5.22. The summed E-state index contributed by atoms with van der Waals surface area (Å²) in [5.74, 6) is -1.21. The maximum Gasteiger partial charge on any atom is 0.416 e. The van der Waals surface area contributed by atoms with Crippen molar-refractivity contribution in [2.75, 3.05) is 18.4 Å². The minimum absolute atomic E-state index is 0.126. The molecule has 3 rings (SSSR count). The number of piperidine rings is 1. The highest BCUT2D eigenvalue weighted by Gasteiger charge is 2.32. The Morgan fingerprint density at radius 1 is 0.774 bits per heavy atom. The van der Waals surface area contributed by atoms with Crippen molar-refractivity contribution >= 4 is 17.5 Å². The van der Waals surface area contributed by atoms with Crippen LogP contribution in [0.4, 0.5) is 32.0 Å². The number of likely N-dealkylation sites (tertiary alicyclic amines) is 1. The second kappa shape index (κ2) is 8.60. The SMILES string of the molecule is O=C(Nc1ccc(C(F)(F)F)cc1)C1CCN(C(=O)c2ccc(C(F)(F)F)cc2)CC1. The highest BCUT2D eigenvalue weighted by molar-refractivity contribution is 5.95. The number of hydrogen-bond acceptors (Lipinski definition) is 2. The molecule has 166 valence electrons. The second-order valence-corrected chi connectivity index (χ2v) is 7.21. The number of rotatable bonds is 3. The van der Waals surface area contributed by atoms with Gasteiger partial charge in [0.25, 0.3) is 5.91 Å². The minimum Gasteiger partial charge on any atom is -0.339 e. The third-order valence-corrected chi connectivity index (χ3v) is 5.09. The van der Waals surface area contributed by atoms with Gasteiger partial charge >= 0.3 is 12.4 Å². The van der Waals surface area contributed by atoms with E-state index < -0.39 is 35.3 Å². The normalized spacial score (nSPS) is 15.6. The fourth-order valence-electron chi connectivity index (χ4n) is 3.32. The van der Waals surface area contributed by atoms with Gasteiger partial charge in [-0.1, -0.05) is 0 Å². The molecule has 1 fully saturated rings. The zero-order chi connectivity index (χ0) is 22.8. The van der Waals surface area contributed by atoms with Crippen LogP contribution in [0.3, 0.4) is 0 Å². The zero-order valence-electron chi connectivity index (χ0n) is 16.1. The van der Waals surface area contributed by atoms with Gasteiger partial charge in [0, 0.05) is 30.3 Å². The summed E-state index contributed by atoms with van der Waals surface area (Å²) in [4.78, 5) is 26.3. The van der Waals surface area contributed by atoms with Crippen LogP contribution < -0.4 is 5.32 Å². The number of nitrogens with one attached hydrogen (secondary N) is 1. The van der Waals surface area contributed by atoms with Gasteiger partial charge in [0.1, 0.15) is 0 Å². The first kappa shape index (κ1) is 22.6. The summed E-state index contributed by atoms with van der Waals surface area (Å²) in [5, 5.41) is 2.57. The lowest BCUT2D eigenvalue weighted by atomic mass is 9.95. The number of alkyl halides is 6. The van der Waals surface area contributed by atoms with Crippen molar-refractivity contribution in [1.82, 2.24) is 4.90 Å². The van der Waals surface area contributed by atoms with Crippen LogP contribution >= 0.6 is 0 Å². The second-order valence-electron chi connectivity index (χ2n) is 7.21. The molecule has 0 bridgehead atoms. The molecule has 0 saturated carbocycles. The molecule has 0 unspecified atom stereocenters. The van der Waals surface area contributed by atoms with Crippen molar-refractivity contribution in [1.29, 1.82) is 0 Å². The Kier molecular flexibility index (Phi) is 6.28. The van der Waals surface area contributed by atoms with Crippen molar-refractivity contribution in [3.05, 3.63) is 65.2 Å². The van der Waals surface area contributed by atoms with Crippen molar-refractivity contribution in [2.24, 2.45) is 5.92 Å². The lowest BCUT2D eigenvalue weighted by Crippen LogP contribution is -2.41. The summed E-state index contributed by atoms with van der Waals surface area (Å²) in [6, 6.07) is 8.02. The molecule has 1 saturated heterocycles. The summed E-state index contributed by atoms with van der Waals surface area (Å²) in [6.45, 7) is 0.482. The van der Waals surface area contributed by atoms with E-state index in [0.717, 1.165) is 36.4 Å². The van der Waals surface area contributed by atoms with Crippen LogP contribution in [-0.4, -0.2) is 29.8 Å². The molecule has 1 N–H and O–H groups in total. The predicted molar refractivity (Wildman–Crippen MR) is 100 cm³/mol. The third kappa shape index (κ3) is 5.56. The number of hydrogen-bond donors (Lipinski definition) is 1. The minimum atomic E-state index is -4.49. The lowest BCUT2D eigenvalue weighted by molar-refractivity contribution is -0.138. The molecule has 0 aromatic heterocycles. The molecule has 2 aromatic rings. The van der Waals surface area contributed by atoms with Gasteiger partial charge in [-0.05, 0) is 61.4 Å². The van der Waals surface area contributed by atoms with Crippen LogP contribution in [0.25, 0.3) is 0 Å². The molecular weight excluding hydrogens is 426 g/mol. The van der Waals surface area contributed by atoms with Crippen molar-refractivity contribution in [3.63, 3.8) is 0 Å². The molecule has 0 aliphatic carbocycles. The van der Waals surface area contributed by atoms with Gasteiger partial charge in [0.2, 0.25) is 5.91 Å². The summed E-state index contributed by atoms with van der Waals surface area (Å²) >= 11 is 0. The van der Waals surface area contributed by atoms with Gasteiger partial charge in [-0.15, -0.1) is 0 Å². The molecule has 1 aliphatic rings. The van der Waals surface area contributed by atoms with Crippen LogP contribution in [0.15, 0.2) is 48.5 Å². The standard InChI is InChI=1S/C21H18F6N2O2/c22-20(23,24)15-3-1-14(2-4-15)19(31)29-11-9-13(10-12-29)18(30)28-17-7-5-16(6-8-17)21(25,26)27/h1-8,13H,9-12H2,(H,28,30). The third-order valence-electron chi connectivity index (χ3n) is 5.09.